The Labute approximate surface area is 180 Å². The number of nitrogens with one attached hydrogen (secondary N) is 1. The van der Waals surface area contributed by atoms with Gasteiger partial charge in [0.15, 0.2) is 0 Å². The van der Waals surface area contributed by atoms with Crippen LogP contribution in [0, 0.1) is 10.1 Å². The average Bonchev–Trinajstić information content (AvgIpc) is 3.31. The van der Waals surface area contributed by atoms with E-state index in [1.807, 2.05) is 35.7 Å². The molecule has 4 rings (SSSR count). The van der Waals surface area contributed by atoms with Gasteiger partial charge in [0, 0.05) is 23.9 Å². The van der Waals surface area contributed by atoms with Crippen molar-refractivity contribution in [2.75, 3.05) is 6.54 Å². The van der Waals surface area contributed by atoms with Gasteiger partial charge in [-0.15, -0.1) is 11.3 Å². The van der Waals surface area contributed by atoms with Gasteiger partial charge in [-0.05, 0) is 11.6 Å². The number of aromatic nitrogens is 1. The summed E-state index contributed by atoms with van der Waals surface area (Å²) in [6, 6.07) is 13.3. The summed E-state index contributed by atoms with van der Waals surface area (Å²) in [5.41, 5.74) is 1.51. The number of nitro benzene ring substituents is 1. The second kappa shape index (κ2) is 8.44. The summed E-state index contributed by atoms with van der Waals surface area (Å²) < 4.78 is 0. The van der Waals surface area contributed by atoms with Gasteiger partial charge in [-0.1, -0.05) is 30.3 Å². The summed E-state index contributed by atoms with van der Waals surface area (Å²) in [5.74, 6) is -1.90. The number of rotatable bonds is 7. The highest BCUT2D eigenvalue weighted by Gasteiger charge is 2.37. The van der Waals surface area contributed by atoms with Crippen LogP contribution in [0.4, 0.5) is 5.69 Å². The average molecular weight is 436 g/mol. The van der Waals surface area contributed by atoms with Crippen molar-refractivity contribution >= 4 is 34.7 Å². The van der Waals surface area contributed by atoms with Gasteiger partial charge in [-0.25, -0.2) is 4.98 Å². The summed E-state index contributed by atoms with van der Waals surface area (Å²) in [5, 5.41) is 16.3. The Hall–Kier alpha value is -3.92. The predicted molar refractivity (Wildman–Crippen MR) is 112 cm³/mol. The topological polar surface area (TPSA) is 123 Å². The quantitative estimate of drug-likeness (QED) is 0.345. The molecule has 0 saturated heterocycles. The smallest absolute Gasteiger partial charge is 0.270 e. The SMILES string of the molecule is O=C(CN1C(=O)c2ccc([N+](=O)[O-])cc2C1=O)NCc1csc(Cc2ccccc2)n1. The molecule has 10 heteroatoms. The lowest BCUT2D eigenvalue weighted by molar-refractivity contribution is -0.384. The molecule has 0 atom stereocenters. The molecule has 0 bridgehead atoms. The molecule has 0 aliphatic carbocycles. The Morgan fingerprint density at radius 2 is 1.84 bits per heavy atom. The van der Waals surface area contributed by atoms with Crippen molar-refractivity contribution in [1.82, 2.24) is 15.2 Å². The van der Waals surface area contributed by atoms with Crippen LogP contribution in [0.5, 0.6) is 0 Å². The van der Waals surface area contributed by atoms with Gasteiger partial charge in [0.25, 0.3) is 17.5 Å². The van der Waals surface area contributed by atoms with Crippen molar-refractivity contribution in [1.29, 1.82) is 0 Å². The van der Waals surface area contributed by atoms with Gasteiger partial charge >= 0.3 is 0 Å². The van der Waals surface area contributed by atoms with Gasteiger partial charge in [0.1, 0.15) is 6.54 Å². The minimum Gasteiger partial charge on any atom is -0.349 e. The van der Waals surface area contributed by atoms with Crippen LogP contribution in [0.2, 0.25) is 0 Å². The van der Waals surface area contributed by atoms with Crippen molar-refractivity contribution in [3.8, 4) is 0 Å². The molecule has 2 heterocycles. The van der Waals surface area contributed by atoms with Crippen LogP contribution in [0.1, 0.15) is 37.0 Å². The minimum absolute atomic E-state index is 0.0495. The third kappa shape index (κ3) is 4.33. The Bertz CT molecular complexity index is 1190. The first-order valence-corrected chi connectivity index (χ1v) is 10.2. The fraction of sp³-hybridized carbons (Fsp3) is 0.143. The Morgan fingerprint density at radius 3 is 2.58 bits per heavy atom. The van der Waals surface area contributed by atoms with Crippen molar-refractivity contribution in [2.45, 2.75) is 13.0 Å². The van der Waals surface area contributed by atoms with Crippen LogP contribution in [0.25, 0.3) is 0 Å². The predicted octanol–water partition coefficient (Wildman–Crippen LogP) is 2.55. The number of nitro groups is 1. The van der Waals surface area contributed by atoms with E-state index in [9.17, 15) is 24.5 Å². The second-order valence-electron chi connectivity index (χ2n) is 6.86. The molecule has 1 aliphatic heterocycles. The van der Waals surface area contributed by atoms with Crippen LogP contribution >= 0.6 is 11.3 Å². The van der Waals surface area contributed by atoms with Crippen LogP contribution in [0.3, 0.4) is 0 Å². The number of carbonyl (C=O) groups is 3. The lowest BCUT2D eigenvalue weighted by Crippen LogP contribution is -2.40. The lowest BCUT2D eigenvalue weighted by Gasteiger charge is -2.13. The van der Waals surface area contributed by atoms with Gasteiger partial charge in [0.05, 0.1) is 33.3 Å². The molecule has 3 aromatic rings. The van der Waals surface area contributed by atoms with Crippen molar-refractivity contribution in [2.24, 2.45) is 0 Å². The first-order valence-electron chi connectivity index (χ1n) is 9.31. The van der Waals surface area contributed by atoms with E-state index in [4.69, 9.17) is 0 Å². The van der Waals surface area contributed by atoms with E-state index in [2.05, 4.69) is 10.3 Å². The molecule has 0 saturated carbocycles. The fourth-order valence-corrected chi connectivity index (χ4v) is 4.03. The third-order valence-electron chi connectivity index (χ3n) is 4.73. The second-order valence-corrected chi connectivity index (χ2v) is 7.80. The standard InChI is InChI=1S/C21H16N4O5S/c26-18(22-10-14-12-31-19(23-14)8-13-4-2-1-3-5-13)11-24-20(27)16-7-6-15(25(29)30)9-17(16)21(24)28/h1-7,9,12H,8,10-11H2,(H,22,26). The summed E-state index contributed by atoms with van der Waals surface area (Å²) in [4.78, 5) is 52.7. The van der Waals surface area contributed by atoms with E-state index in [0.29, 0.717) is 12.1 Å². The zero-order valence-corrected chi connectivity index (χ0v) is 16.9. The molecule has 1 N–H and O–H groups in total. The number of carbonyl (C=O) groups excluding carboxylic acids is 3. The number of benzene rings is 2. The number of hydrogen-bond acceptors (Lipinski definition) is 7. The molecule has 2 aromatic carbocycles. The molecule has 3 amide bonds. The maximum absolute atomic E-state index is 12.5. The van der Waals surface area contributed by atoms with Gasteiger partial charge < -0.3 is 5.32 Å². The number of non-ortho nitro benzene ring substituents is 1. The molecule has 0 unspecified atom stereocenters. The number of hydrogen-bond donors (Lipinski definition) is 1. The largest absolute Gasteiger partial charge is 0.349 e. The summed E-state index contributed by atoms with van der Waals surface area (Å²) >= 11 is 1.49. The Kier molecular flexibility index (Phi) is 5.54. The maximum Gasteiger partial charge on any atom is 0.270 e. The van der Waals surface area contributed by atoms with E-state index in [1.165, 1.54) is 17.4 Å². The molecule has 9 nitrogen and oxygen atoms in total. The summed E-state index contributed by atoms with van der Waals surface area (Å²) in [6.45, 7) is -0.306. The zero-order chi connectivity index (χ0) is 22.0. The molecule has 156 valence electrons. The highest BCUT2D eigenvalue weighted by atomic mass is 32.1. The van der Waals surface area contributed by atoms with E-state index in [0.717, 1.165) is 27.6 Å². The van der Waals surface area contributed by atoms with Crippen molar-refractivity contribution in [3.05, 3.63) is 91.4 Å². The monoisotopic (exact) mass is 436 g/mol. The zero-order valence-electron chi connectivity index (χ0n) is 16.1. The van der Waals surface area contributed by atoms with Crippen LogP contribution in [-0.2, 0) is 17.8 Å². The number of amides is 3. The minimum atomic E-state index is -0.724. The van der Waals surface area contributed by atoms with Gasteiger partial charge in [-0.3, -0.25) is 29.4 Å². The lowest BCUT2D eigenvalue weighted by atomic mass is 10.1. The van der Waals surface area contributed by atoms with Crippen molar-refractivity contribution in [3.63, 3.8) is 0 Å². The van der Waals surface area contributed by atoms with E-state index in [-0.39, 0.29) is 23.4 Å². The maximum atomic E-state index is 12.5. The number of nitrogens with zero attached hydrogens (tertiary/aromatic N) is 3. The third-order valence-corrected chi connectivity index (χ3v) is 5.63. The normalized spacial score (nSPS) is 12.7. The number of thiazole rings is 1. The van der Waals surface area contributed by atoms with Crippen LogP contribution < -0.4 is 5.32 Å². The fourth-order valence-electron chi connectivity index (χ4n) is 3.21. The first kappa shape index (κ1) is 20.4. The first-order chi connectivity index (χ1) is 14.9. The number of fused-ring (bicyclic) bond motifs is 1. The molecule has 1 aromatic heterocycles. The molecular formula is C21H16N4O5S. The molecular weight excluding hydrogens is 420 g/mol. The Balaban J connectivity index is 1.35. The highest BCUT2D eigenvalue weighted by Crippen LogP contribution is 2.26. The van der Waals surface area contributed by atoms with Gasteiger partial charge in [0.2, 0.25) is 5.91 Å². The molecule has 1 aliphatic rings. The van der Waals surface area contributed by atoms with Crippen molar-refractivity contribution < 1.29 is 19.3 Å². The molecule has 0 spiro atoms. The summed E-state index contributed by atoms with van der Waals surface area (Å²) in [6.07, 6.45) is 0.695. The number of imide groups is 1. The van der Waals surface area contributed by atoms with E-state index < -0.39 is 29.2 Å². The molecule has 31 heavy (non-hydrogen) atoms. The molecule has 0 radical (unpaired) electrons. The van der Waals surface area contributed by atoms with E-state index in [1.54, 1.807) is 0 Å². The van der Waals surface area contributed by atoms with Gasteiger partial charge in [-0.2, -0.15) is 0 Å². The van der Waals surface area contributed by atoms with Crippen LogP contribution in [-0.4, -0.2) is 39.1 Å². The molecule has 0 fully saturated rings. The van der Waals surface area contributed by atoms with Crippen LogP contribution in [0.15, 0.2) is 53.9 Å². The Morgan fingerprint density at radius 1 is 1.10 bits per heavy atom. The van der Waals surface area contributed by atoms with E-state index >= 15 is 0 Å². The summed E-state index contributed by atoms with van der Waals surface area (Å²) in [7, 11) is 0. The highest BCUT2D eigenvalue weighted by molar-refractivity contribution is 7.09.